The quantitative estimate of drug-likeness (QED) is 0.172. The van der Waals surface area contributed by atoms with E-state index in [1.807, 2.05) is 0 Å². The second-order valence-electron chi connectivity index (χ2n) is 15.3. The van der Waals surface area contributed by atoms with E-state index >= 15 is 0 Å². The van der Waals surface area contributed by atoms with Crippen molar-refractivity contribution >= 4 is 55.0 Å². The molecule has 0 radical (unpaired) electrons. The SMILES string of the molecule is C1=CC2c3cc(-c4ccc5c(c4)c4ccccc4n5-c4ccc5c(c4)c4ccccc4n5-c4cccc(-c5ccccc5)c4)ccc3N(c3ccccc3)C2C=C1. The first-order chi connectivity index (χ1) is 28.3. The minimum Gasteiger partial charge on any atom is -0.333 e. The van der Waals surface area contributed by atoms with Crippen molar-refractivity contribution in [1.82, 2.24) is 9.13 Å². The molecule has 0 fully saturated rings. The van der Waals surface area contributed by atoms with E-state index < -0.39 is 0 Å². The highest BCUT2D eigenvalue weighted by molar-refractivity contribution is 6.13. The molecule has 0 bridgehead atoms. The molecule has 0 N–H and O–H groups in total. The van der Waals surface area contributed by atoms with Crippen molar-refractivity contribution in [2.24, 2.45) is 0 Å². The van der Waals surface area contributed by atoms with E-state index in [0.717, 1.165) is 11.4 Å². The summed E-state index contributed by atoms with van der Waals surface area (Å²) in [7, 11) is 0. The summed E-state index contributed by atoms with van der Waals surface area (Å²) in [6.07, 6.45) is 9.10. The Morgan fingerprint density at radius 3 is 1.65 bits per heavy atom. The largest absolute Gasteiger partial charge is 0.333 e. The molecule has 1 aliphatic carbocycles. The summed E-state index contributed by atoms with van der Waals surface area (Å²) < 4.78 is 4.86. The van der Waals surface area contributed by atoms with Gasteiger partial charge in [-0.1, -0.05) is 133 Å². The minimum atomic E-state index is 0.272. The first kappa shape index (κ1) is 31.9. The van der Waals surface area contributed by atoms with Gasteiger partial charge in [-0.2, -0.15) is 0 Å². The highest BCUT2D eigenvalue weighted by Gasteiger charge is 2.37. The smallest absolute Gasteiger partial charge is 0.0629 e. The highest BCUT2D eigenvalue weighted by atomic mass is 15.2. The van der Waals surface area contributed by atoms with E-state index in [4.69, 9.17) is 0 Å². The highest BCUT2D eigenvalue weighted by Crippen LogP contribution is 2.49. The fourth-order valence-electron chi connectivity index (χ4n) is 9.67. The Bertz CT molecular complexity index is 3250. The third-order valence-electron chi connectivity index (χ3n) is 12.2. The van der Waals surface area contributed by atoms with Crippen molar-refractivity contribution < 1.29 is 0 Å². The fraction of sp³-hybridized carbons (Fsp3) is 0.0370. The fourth-order valence-corrected chi connectivity index (χ4v) is 9.67. The lowest BCUT2D eigenvalue weighted by atomic mass is 9.89. The number of benzene rings is 8. The van der Waals surface area contributed by atoms with Crippen molar-refractivity contribution in [3.05, 3.63) is 218 Å². The lowest BCUT2D eigenvalue weighted by Crippen LogP contribution is -2.28. The van der Waals surface area contributed by atoms with Crippen LogP contribution in [0.25, 0.3) is 77.2 Å². The van der Waals surface area contributed by atoms with Crippen LogP contribution in [-0.4, -0.2) is 15.2 Å². The van der Waals surface area contributed by atoms with Crippen LogP contribution in [0.4, 0.5) is 11.4 Å². The third kappa shape index (κ3) is 4.92. The summed E-state index contributed by atoms with van der Waals surface area (Å²) in [6.45, 7) is 0. The number of para-hydroxylation sites is 3. The molecular weight excluding hydrogens is 691 g/mol. The van der Waals surface area contributed by atoms with Crippen LogP contribution < -0.4 is 4.90 Å². The Kier molecular flexibility index (Phi) is 7.05. The third-order valence-corrected chi connectivity index (χ3v) is 12.2. The van der Waals surface area contributed by atoms with Crippen LogP contribution in [0, 0.1) is 0 Å². The van der Waals surface area contributed by atoms with Crippen molar-refractivity contribution in [2.75, 3.05) is 4.90 Å². The van der Waals surface area contributed by atoms with Gasteiger partial charge in [-0.3, -0.25) is 0 Å². The number of rotatable bonds is 5. The lowest BCUT2D eigenvalue weighted by Gasteiger charge is -2.28. The zero-order valence-corrected chi connectivity index (χ0v) is 31.2. The Hall–Kier alpha value is -7.36. The maximum Gasteiger partial charge on any atom is 0.0629 e. The summed E-state index contributed by atoms with van der Waals surface area (Å²) in [5, 5.41) is 5.00. The van der Waals surface area contributed by atoms with E-state index in [2.05, 4.69) is 226 Å². The standard InChI is InChI=1S/C54H37N3/c1-3-14-36(15-4-1)37-16-13-19-41(32-37)56-51-25-12-9-22-45(51)48-35-42(28-31-54(48)56)57-50-24-11-8-21-44(50)47-34-39(27-30-53(47)57)38-26-29-52-46(33-38)43-20-7-10-23-49(43)55(52)40-17-5-2-6-18-40/h1-35,43,49H. The molecule has 0 saturated heterocycles. The summed E-state index contributed by atoms with van der Waals surface area (Å²) in [4.78, 5) is 2.50. The first-order valence-electron chi connectivity index (χ1n) is 19.8. The monoisotopic (exact) mass is 727 g/mol. The Labute approximate surface area is 331 Å². The van der Waals surface area contributed by atoms with Gasteiger partial charge in [-0.15, -0.1) is 0 Å². The summed E-state index contributed by atoms with van der Waals surface area (Å²) in [6, 6.07) is 69.3. The minimum absolute atomic E-state index is 0.272. The van der Waals surface area contributed by atoms with Crippen LogP contribution in [0.15, 0.2) is 212 Å². The van der Waals surface area contributed by atoms with Crippen LogP contribution in [0.2, 0.25) is 0 Å². The zero-order chi connectivity index (χ0) is 37.5. The molecule has 268 valence electrons. The molecule has 3 heteroatoms. The van der Waals surface area contributed by atoms with Gasteiger partial charge in [-0.25, -0.2) is 0 Å². The van der Waals surface area contributed by atoms with E-state index in [1.165, 1.54) is 82.8 Å². The van der Waals surface area contributed by atoms with Crippen LogP contribution in [-0.2, 0) is 0 Å². The van der Waals surface area contributed by atoms with E-state index in [-0.39, 0.29) is 6.04 Å². The number of fused-ring (bicyclic) bond motifs is 9. The van der Waals surface area contributed by atoms with Crippen LogP contribution in [0.3, 0.4) is 0 Å². The molecule has 2 atom stereocenters. The van der Waals surface area contributed by atoms with Gasteiger partial charge in [0, 0.05) is 50.2 Å². The Morgan fingerprint density at radius 1 is 0.333 bits per heavy atom. The Morgan fingerprint density at radius 2 is 0.877 bits per heavy atom. The molecule has 2 aromatic heterocycles. The number of hydrogen-bond acceptors (Lipinski definition) is 1. The lowest BCUT2D eigenvalue weighted by molar-refractivity contribution is 0.745. The molecular formula is C54H37N3. The van der Waals surface area contributed by atoms with Crippen LogP contribution in [0.1, 0.15) is 11.5 Å². The molecule has 0 saturated carbocycles. The second kappa shape index (κ2) is 12.6. The molecule has 2 aliphatic rings. The average molecular weight is 728 g/mol. The van der Waals surface area contributed by atoms with Crippen LogP contribution >= 0.6 is 0 Å². The second-order valence-corrected chi connectivity index (χ2v) is 15.3. The number of allylic oxidation sites excluding steroid dienone is 2. The topological polar surface area (TPSA) is 13.1 Å². The van der Waals surface area contributed by atoms with Gasteiger partial charge in [0.25, 0.3) is 0 Å². The van der Waals surface area contributed by atoms with Crippen LogP contribution in [0.5, 0.6) is 0 Å². The number of anilines is 2. The van der Waals surface area contributed by atoms with Gasteiger partial charge in [0.2, 0.25) is 0 Å². The Balaban J connectivity index is 0.990. The van der Waals surface area contributed by atoms with Crippen molar-refractivity contribution in [2.45, 2.75) is 12.0 Å². The van der Waals surface area contributed by atoms with Gasteiger partial charge >= 0.3 is 0 Å². The molecule has 0 amide bonds. The molecule has 2 unspecified atom stereocenters. The maximum absolute atomic E-state index is 2.50. The maximum atomic E-state index is 2.50. The summed E-state index contributed by atoms with van der Waals surface area (Å²) in [5.41, 5.74) is 15.9. The molecule has 10 aromatic rings. The van der Waals surface area contributed by atoms with E-state index in [9.17, 15) is 0 Å². The van der Waals surface area contributed by atoms with Gasteiger partial charge in [0.1, 0.15) is 0 Å². The first-order valence-corrected chi connectivity index (χ1v) is 19.8. The normalized spacial score (nSPS) is 15.9. The van der Waals surface area contributed by atoms with E-state index in [1.54, 1.807) is 0 Å². The van der Waals surface area contributed by atoms with Crippen molar-refractivity contribution in [3.63, 3.8) is 0 Å². The van der Waals surface area contributed by atoms with Gasteiger partial charge < -0.3 is 14.0 Å². The summed E-state index contributed by atoms with van der Waals surface area (Å²) in [5.74, 6) is 0.310. The van der Waals surface area contributed by atoms with Gasteiger partial charge in [0.05, 0.1) is 28.1 Å². The summed E-state index contributed by atoms with van der Waals surface area (Å²) >= 11 is 0. The molecule has 12 rings (SSSR count). The zero-order valence-electron chi connectivity index (χ0n) is 31.2. The molecule has 8 aromatic carbocycles. The molecule has 0 spiro atoms. The number of hydrogen-bond donors (Lipinski definition) is 0. The van der Waals surface area contributed by atoms with Gasteiger partial charge in [-0.05, 0) is 107 Å². The predicted molar refractivity (Wildman–Crippen MR) is 239 cm³/mol. The molecule has 1 aliphatic heterocycles. The number of nitrogens with zero attached hydrogens (tertiary/aromatic N) is 3. The molecule has 57 heavy (non-hydrogen) atoms. The van der Waals surface area contributed by atoms with Gasteiger partial charge in [0.15, 0.2) is 0 Å². The average Bonchev–Trinajstić information content (AvgIpc) is 3.92. The van der Waals surface area contributed by atoms with Crippen molar-refractivity contribution in [1.29, 1.82) is 0 Å². The molecule has 3 nitrogen and oxygen atoms in total. The predicted octanol–water partition coefficient (Wildman–Crippen LogP) is 13.9. The molecule has 3 heterocycles. The van der Waals surface area contributed by atoms with E-state index in [0.29, 0.717) is 5.92 Å². The van der Waals surface area contributed by atoms with Crippen molar-refractivity contribution in [3.8, 4) is 33.6 Å². The number of aromatic nitrogens is 2.